The van der Waals surface area contributed by atoms with Crippen LogP contribution >= 0.6 is 0 Å². The molecule has 2 saturated carbocycles. The molecule has 2 aliphatic carbocycles. The first-order valence-electron chi connectivity index (χ1n) is 6.57. The Morgan fingerprint density at radius 1 is 1.35 bits per heavy atom. The summed E-state index contributed by atoms with van der Waals surface area (Å²) in [6.45, 7) is 1.26. The van der Waals surface area contributed by atoms with Gasteiger partial charge in [-0.15, -0.1) is 0 Å². The second-order valence-electron chi connectivity index (χ2n) is 5.19. The molecule has 0 bridgehead atoms. The number of hydrogen-bond donors (Lipinski definition) is 1. The van der Waals surface area contributed by atoms with Gasteiger partial charge in [-0.05, 0) is 32.1 Å². The Balaban J connectivity index is 1.83. The highest BCUT2D eigenvalue weighted by atomic mass is 16.5. The van der Waals surface area contributed by atoms with Crippen molar-refractivity contribution in [1.29, 1.82) is 5.26 Å². The number of nitrogens with one attached hydrogen (secondary N) is 1. The maximum Gasteiger partial charge on any atom is 0.109 e. The van der Waals surface area contributed by atoms with Gasteiger partial charge in [-0.1, -0.05) is 0 Å². The van der Waals surface area contributed by atoms with Gasteiger partial charge in [0.05, 0.1) is 25.4 Å². The van der Waals surface area contributed by atoms with Gasteiger partial charge in [0.2, 0.25) is 0 Å². The van der Waals surface area contributed by atoms with E-state index in [2.05, 4.69) is 11.4 Å². The van der Waals surface area contributed by atoms with Crippen molar-refractivity contribution in [3.05, 3.63) is 0 Å². The minimum absolute atomic E-state index is 0.213. The summed E-state index contributed by atoms with van der Waals surface area (Å²) in [5, 5.41) is 12.9. The standard InChI is InChI=1S/C13H22N2O2/c1-16-7-8-17-12-3-2-6-13(9-12,10-14)15-11-4-5-11/h11-12,15H,2-9H2,1H3. The Bertz CT molecular complexity index is 286. The molecule has 2 fully saturated rings. The molecule has 2 rings (SSSR count). The molecule has 96 valence electrons. The van der Waals surface area contributed by atoms with Crippen LogP contribution in [-0.4, -0.2) is 38.0 Å². The summed E-state index contributed by atoms with van der Waals surface area (Å²) < 4.78 is 10.7. The van der Waals surface area contributed by atoms with Crippen LogP contribution in [0.1, 0.15) is 38.5 Å². The number of nitriles is 1. The van der Waals surface area contributed by atoms with Crippen LogP contribution < -0.4 is 5.32 Å². The van der Waals surface area contributed by atoms with Crippen LogP contribution in [0, 0.1) is 11.3 Å². The molecular formula is C13H22N2O2. The summed E-state index contributed by atoms with van der Waals surface area (Å²) >= 11 is 0. The molecular weight excluding hydrogens is 216 g/mol. The molecule has 4 nitrogen and oxygen atoms in total. The zero-order chi connectivity index (χ0) is 12.1. The lowest BCUT2D eigenvalue weighted by atomic mass is 9.81. The van der Waals surface area contributed by atoms with E-state index in [0.717, 1.165) is 25.7 Å². The van der Waals surface area contributed by atoms with Crippen molar-refractivity contribution in [2.45, 2.75) is 56.2 Å². The lowest BCUT2D eigenvalue weighted by Gasteiger charge is -2.36. The first-order valence-corrected chi connectivity index (χ1v) is 6.57. The van der Waals surface area contributed by atoms with E-state index in [0.29, 0.717) is 19.3 Å². The van der Waals surface area contributed by atoms with Gasteiger partial charge in [-0.2, -0.15) is 5.26 Å². The monoisotopic (exact) mass is 238 g/mol. The average Bonchev–Trinajstić information content (AvgIpc) is 3.14. The first kappa shape index (κ1) is 12.8. The van der Waals surface area contributed by atoms with E-state index in [4.69, 9.17) is 9.47 Å². The van der Waals surface area contributed by atoms with Crippen LogP contribution in [0.25, 0.3) is 0 Å². The molecule has 0 amide bonds. The van der Waals surface area contributed by atoms with Crippen LogP contribution in [0.15, 0.2) is 0 Å². The molecule has 0 radical (unpaired) electrons. The minimum Gasteiger partial charge on any atom is -0.382 e. The van der Waals surface area contributed by atoms with Crippen molar-refractivity contribution in [1.82, 2.24) is 5.32 Å². The molecule has 0 aromatic rings. The molecule has 1 N–H and O–H groups in total. The summed E-state index contributed by atoms with van der Waals surface area (Å²) in [6, 6.07) is 3.06. The van der Waals surface area contributed by atoms with Crippen molar-refractivity contribution in [2.75, 3.05) is 20.3 Å². The number of rotatable bonds is 6. The number of nitrogens with zero attached hydrogens (tertiary/aromatic N) is 1. The molecule has 0 aromatic heterocycles. The fourth-order valence-corrected chi connectivity index (χ4v) is 2.55. The maximum atomic E-state index is 9.41. The Hall–Kier alpha value is -0.630. The minimum atomic E-state index is -0.336. The summed E-state index contributed by atoms with van der Waals surface area (Å²) in [6.07, 6.45) is 6.58. The largest absolute Gasteiger partial charge is 0.382 e. The molecule has 0 saturated heterocycles. The molecule has 0 aromatic carbocycles. The Morgan fingerprint density at radius 2 is 2.18 bits per heavy atom. The zero-order valence-corrected chi connectivity index (χ0v) is 10.6. The Morgan fingerprint density at radius 3 is 2.82 bits per heavy atom. The van der Waals surface area contributed by atoms with Crippen LogP contribution in [0.4, 0.5) is 0 Å². The molecule has 2 atom stereocenters. The van der Waals surface area contributed by atoms with Crippen LogP contribution in [-0.2, 0) is 9.47 Å². The van der Waals surface area contributed by atoms with Gasteiger partial charge in [0.15, 0.2) is 0 Å². The van der Waals surface area contributed by atoms with E-state index in [1.54, 1.807) is 7.11 Å². The summed E-state index contributed by atoms with van der Waals surface area (Å²) in [5.74, 6) is 0. The molecule has 2 aliphatic rings. The van der Waals surface area contributed by atoms with Gasteiger partial charge in [-0.3, -0.25) is 5.32 Å². The molecule has 0 heterocycles. The van der Waals surface area contributed by atoms with Crippen molar-refractivity contribution in [3.8, 4) is 6.07 Å². The van der Waals surface area contributed by atoms with Crippen molar-refractivity contribution in [3.63, 3.8) is 0 Å². The zero-order valence-electron chi connectivity index (χ0n) is 10.6. The maximum absolute atomic E-state index is 9.41. The molecule has 2 unspecified atom stereocenters. The number of ether oxygens (including phenoxy) is 2. The van der Waals surface area contributed by atoms with Crippen molar-refractivity contribution < 1.29 is 9.47 Å². The molecule has 0 aliphatic heterocycles. The third kappa shape index (κ3) is 3.67. The lowest BCUT2D eigenvalue weighted by Crippen LogP contribution is -2.50. The van der Waals surface area contributed by atoms with Crippen molar-refractivity contribution >= 4 is 0 Å². The molecule has 17 heavy (non-hydrogen) atoms. The fourth-order valence-electron chi connectivity index (χ4n) is 2.55. The van der Waals surface area contributed by atoms with Gasteiger partial charge >= 0.3 is 0 Å². The first-order chi connectivity index (χ1) is 8.28. The van der Waals surface area contributed by atoms with Crippen molar-refractivity contribution in [2.24, 2.45) is 0 Å². The Kier molecular flexibility index (Phi) is 4.38. The van der Waals surface area contributed by atoms with Gasteiger partial charge in [0.25, 0.3) is 0 Å². The molecule has 0 spiro atoms. The van der Waals surface area contributed by atoms with Gasteiger partial charge in [-0.25, -0.2) is 0 Å². The predicted octanol–water partition coefficient (Wildman–Crippen LogP) is 1.61. The topological polar surface area (TPSA) is 54.3 Å². The SMILES string of the molecule is COCCOC1CCCC(C#N)(NC2CC2)C1. The molecule has 4 heteroatoms. The highest BCUT2D eigenvalue weighted by molar-refractivity contribution is 5.12. The summed E-state index contributed by atoms with van der Waals surface area (Å²) in [4.78, 5) is 0. The van der Waals surface area contributed by atoms with Gasteiger partial charge in [0.1, 0.15) is 5.54 Å². The normalized spacial score (nSPS) is 33.3. The van der Waals surface area contributed by atoms with Gasteiger partial charge < -0.3 is 9.47 Å². The summed E-state index contributed by atoms with van der Waals surface area (Å²) in [7, 11) is 1.68. The second-order valence-corrected chi connectivity index (χ2v) is 5.19. The third-order valence-corrected chi connectivity index (χ3v) is 3.62. The van der Waals surface area contributed by atoms with E-state index in [-0.39, 0.29) is 11.6 Å². The fraction of sp³-hybridized carbons (Fsp3) is 0.923. The number of hydrogen-bond acceptors (Lipinski definition) is 4. The highest BCUT2D eigenvalue weighted by Gasteiger charge is 2.40. The predicted molar refractivity (Wildman–Crippen MR) is 64.6 cm³/mol. The van der Waals surface area contributed by atoms with Gasteiger partial charge in [0, 0.05) is 19.6 Å². The van der Waals surface area contributed by atoms with E-state index in [9.17, 15) is 5.26 Å². The summed E-state index contributed by atoms with van der Waals surface area (Å²) in [5.41, 5.74) is -0.336. The quantitative estimate of drug-likeness (QED) is 0.714. The second kappa shape index (κ2) is 5.81. The van der Waals surface area contributed by atoms with E-state index in [1.807, 2.05) is 0 Å². The van der Waals surface area contributed by atoms with Crippen LogP contribution in [0.5, 0.6) is 0 Å². The number of methoxy groups -OCH3 is 1. The average molecular weight is 238 g/mol. The van der Waals surface area contributed by atoms with Crippen LogP contribution in [0.3, 0.4) is 0 Å². The van der Waals surface area contributed by atoms with E-state index in [1.165, 1.54) is 12.8 Å². The van der Waals surface area contributed by atoms with E-state index >= 15 is 0 Å². The lowest BCUT2D eigenvalue weighted by molar-refractivity contribution is -0.0143. The highest BCUT2D eigenvalue weighted by Crippen LogP contribution is 2.33. The third-order valence-electron chi connectivity index (χ3n) is 3.62. The van der Waals surface area contributed by atoms with Crippen LogP contribution in [0.2, 0.25) is 0 Å². The Labute approximate surface area is 103 Å². The smallest absolute Gasteiger partial charge is 0.109 e. The van der Waals surface area contributed by atoms with E-state index < -0.39 is 0 Å².